The molecule has 154 valence electrons. The maximum absolute atomic E-state index is 12.1. The molecule has 0 radical (unpaired) electrons. The number of carbonyl (C=O) groups is 1. The first-order valence-corrected chi connectivity index (χ1v) is 9.89. The van der Waals surface area contributed by atoms with E-state index in [0.29, 0.717) is 23.2 Å². The Bertz CT molecular complexity index is 739. The molecule has 0 aromatic heterocycles. The van der Waals surface area contributed by atoms with E-state index in [1.807, 2.05) is 37.4 Å². The Hall–Kier alpha value is -1.46. The van der Waals surface area contributed by atoms with Gasteiger partial charge in [0, 0.05) is 6.54 Å². The molecule has 0 heterocycles. The second kappa shape index (κ2) is 12.9. The Balaban J connectivity index is 0.00000392. The number of ether oxygens (including phenoxy) is 1. The highest BCUT2D eigenvalue weighted by molar-refractivity contribution is 6.42. The third kappa shape index (κ3) is 7.88. The number of rotatable bonds is 10. The van der Waals surface area contributed by atoms with Gasteiger partial charge in [0.15, 0.2) is 0 Å². The van der Waals surface area contributed by atoms with Crippen LogP contribution in [-0.2, 0) is 17.8 Å². The first kappa shape index (κ1) is 24.6. The number of likely N-dealkylation sites (N-methyl/N-ethyl adjacent to an activating group) is 1. The molecule has 1 amide bonds. The summed E-state index contributed by atoms with van der Waals surface area (Å²) in [5.74, 6) is 0.841. The first-order valence-electron chi connectivity index (χ1n) is 9.14. The summed E-state index contributed by atoms with van der Waals surface area (Å²) in [6, 6.07) is 13.2. The average molecular weight is 446 g/mol. The second-order valence-electron chi connectivity index (χ2n) is 6.35. The van der Waals surface area contributed by atoms with Crippen molar-refractivity contribution in [3.63, 3.8) is 0 Å². The van der Waals surface area contributed by atoms with E-state index >= 15 is 0 Å². The monoisotopic (exact) mass is 444 g/mol. The van der Waals surface area contributed by atoms with Crippen LogP contribution in [0.3, 0.4) is 0 Å². The van der Waals surface area contributed by atoms with Crippen LogP contribution in [0.2, 0.25) is 10.0 Å². The fraction of sp³-hybridized carbons (Fsp3) is 0.381. The molecule has 2 aromatic rings. The molecule has 4 nitrogen and oxygen atoms in total. The third-order valence-corrected chi connectivity index (χ3v) is 5.01. The van der Waals surface area contributed by atoms with Crippen LogP contribution in [-0.4, -0.2) is 25.5 Å². The quantitative estimate of drug-likeness (QED) is 0.538. The lowest BCUT2D eigenvalue weighted by atomic mass is 10.1. The molecule has 28 heavy (non-hydrogen) atoms. The van der Waals surface area contributed by atoms with E-state index < -0.39 is 0 Å². The normalized spacial score (nSPS) is 11.4. The fourth-order valence-corrected chi connectivity index (χ4v) is 3.02. The maximum atomic E-state index is 12.1. The Kier molecular flexibility index (Phi) is 11.3. The molecule has 1 unspecified atom stereocenters. The molecule has 0 saturated carbocycles. The molecule has 2 N–H and O–H groups in total. The van der Waals surface area contributed by atoms with Crippen LogP contribution in [0.4, 0.5) is 0 Å². The van der Waals surface area contributed by atoms with E-state index in [1.54, 1.807) is 12.1 Å². The van der Waals surface area contributed by atoms with E-state index in [0.717, 1.165) is 36.1 Å². The largest absolute Gasteiger partial charge is 0.489 e. The summed E-state index contributed by atoms with van der Waals surface area (Å²) in [6.07, 6.45) is 2.59. The zero-order valence-corrected chi connectivity index (χ0v) is 18.5. The minimum atomic E-state index is -0.118. The van der Waals surface area contributed by atoms with Gasteiger partial charge in [0.1, 0.15) is 12.4 Å². The minimum Gasteiger partial charge on any atom is -0.489 e. The Labute approximate surface area is 183 Å². The summed E-state index contributed by atoms with van der Waals surface area (Å²) in [5, 5.41) is 7.09. The van der Waals surface area contributed by atoms with Gasteiger partial charge in [0.25, 0.3) is 0 Å². The summed E-state index contributed by atoms with van der Waals surface area (Å²) in [4.78, 5) is 12.1. The van der Waals surface area contributed by atoms with E-state index in [1.165, 1.54) is 0 Å². The van der Waals surface area contributed by atoms with Crippen LogP contribution >= 0.6 is 35.6 Å². The lowest BCUT2D eigenvalue weighted by molar-refractivity contribution is -0.123. The molecular formula is C21H27Cl3N2O2. The molecule has 1 atom stereocenters. The number of nitrogens with one attached hydrogen (secondary N) is 2. The average Bonchev–Trinajstić information content (AvgIpc) is 2.68. The Morgan fingerprint density at radius 3 is 2.36 bits per heavy atom. The molecule has 0 aliphatic carbocycles. The molecule has 7 heteroatoms. The Morgan fingerprint density at radius 2 is 1.75 bits per heavy atom. The minimum absolute atomic E-state index is 0. The van der Waals surface area contributed by atoms with Crippen molar-refractivity contribution in [2.45, 2.75) is 38.8 Å². The van der Waals surface area contributed by atoms with Crippen molar-refractivity contribution in [1.29, 1.82) is 0 Å². The van der Waals surface area contributed by atoms with E-state index in [4.69, 9.17) is 27.9 Å². The topological polar surface area (TPSA) is 50.4 Å². The van der Waals surface area contributed by atoms with Crippen LogP contribution in [0.15, 0.2) is 42.5 Å². The number of hydrogen-bond donors (Lipinski definition) is 2. The predicted octanol–water partition coefficient (Wildman–Crippen LogP) is 5.04. The van der Waals surface area contributed by atoms with E-state index in [-0.39, 0.29) is 24.4 Å². The van der Waals surface area contributed by atoms with Crippen molar-refractivity contribution >= 4 is 41.5 Å². The smallest absolute Gasteiger partial charge is 0.237 e. The summed E-state index contributed by atoms with van der Waals surface area (Å²) < 4.78 is 5.78. The molecule has 0 fully saturated rings. The Morgan fingerprint density at radius 1 is 1.07 bits per heavy atom. The lowest BCUT2D eigenvalue weighted by Gasteiger charge is -2.15. The van der Waals surface area contributed by atoms with E-state index in [9.17, 15) is 4.79 Å². The summed E-state index contributed by atoms with van der Waals surface area (Å²) >= 11 is 11.9. The third-order valence-electron chi connectivity index (χ3n) is 4.27. The highest BCUT2D eigenvalue weighted by Gasteiger charge is 2.14. The van der Waals surface area contributed by atoms with Gasteiger partial charge in [-0.1, -0.05) is 54.7 Å². The van der Waals surface area contributed by atoms with Crippen molar-refractivity contribution in [3.8, 4) is 5.75 Å². The summed E-state index contributed by atoms with van der Waals surface area (Å²) in [5.41, 5.74) is 2.11. The standard InChI is InChI=1S/C21H26Cl2N2O2.ClH/c1-3-4-20(24-2)21(26)25-12-11-15-5-8-17(9-6-15)27-14-16-7-10-18(22)19(23)13-16;/h5-10,13,20,24H,3-4,11-12,14H2,1-2H3,(H,25,26);1H. The van der Waals surface area contributed by atoms with Crippen LogP contribution in [0.1, 0.15) is 30.9 Å². The summed E-state index contributed by atoms with van der Waals surface area (Å²) in [7, 11) is 1.82. The number of amides is 1. The molecule has 0 bridgehead atoms. The van der Waals surface area contributed by atoms with E-state index in [2.05, 4.69) is 17.6 Å². The molecule has 0 aliphatic heterocycles. The lowest BCUT2D eigenvalue weighted by Crippen LogP contribution is -2.43. The van der Waals surface area contributed by atoms with Gasteiger partial charge in [-0.3, -0.25) is 4.79 Å². The van der Waals surface area contributed by atoms with Gasteiger partial charge >= 0.3 is 0 Å². The van der Waals surface area contributed by atoms with Gasteiger partial charge in [-0.05, 0) is 55.3 Å². The fourth-order valence-electron chi connectivity index (χ4n) is 2.70. The highest BCUT2D eigenvalue weighted by atomic mass is 35.5. The predicted molar refractivity (Wildman–Crippen MR) is 119 cm³/mol. The van der Waals surface area contributed by atoms with Crippen molar-refractivity contribution in [1.82, 2.24) is 10.6 Å². The summed E-state index contributed by atoms with van der Waals surface area (Å²) in [6.45, 7) is 3.11. The van der Waals surface area contributed by atoms with Crippen molar-refractivity contribution < 1.29 is 9.53 Å². The number of hydrogen-bond acceptors (Lipinski definition) is 3. The number of benzene rings is 2. The number of halogens is 3. The highest BCUT2D eigenvalue weighted by Crippen LogP contribution is 2.23. The van der Waals surface area contributed by atoms with Gasteiger partial charge in [-0.25, -0.2) is 0 Å². The second-order valence-corrected chi connectivity index (χ2v) is 7.17. The van der Waals surface area contributed by atoms with Gasteiger partial charge < -0.3 is 15.4 Å². The first-order chi connectivity index (χ1) is 13.0. The number of carbonyl (C=O) groups excluding carboxylic acids is 1. The molecular weight excluding hydrogens is 419 g/mol. The van der Waals surface area contributed by atoms with Gasteiger partial charge in [-0.15, -0.1) is 12.4 Å². The van der Waals surface area contributed by atoms with Gasteiger partial charge in [0.05, 0.1) is 16.1 Å². The van der Waals surface area contributed by atoms with Gasteiger partial charge in [0.2, 0.25) is 5.91 Å². The van der Waals surface area contributed by atoms with Crippen molar-refractivity contribution in [2.24, 2.45) is 0 Å². The SMILES string of the molecule is CCCC(NC)C(=O)NCCc1ccc(OCc2ccc(Cl)c(Cl)c2)cc1.Cl. The zero-order valence-electron chi connectivity index (χ0n) is 16.1. The van der Waals surface area contributed by atoms with Crippen LogP contribution in [0, 0.1) is 0 Å². The van der Waals surface area contributed by atoms with Crippen molar-refractivity contribution in [2.75, 3.05) is 13.6 Å². The molecule has 0 aliphatic rings. The zero-order chi connectivity index (χ0) is 19.6. The van der Waals surface area contributed by atoms with Crippen LogP contribution in [0.25, 0.3) is 0 Å². The molecule has 0 saturated heterocycles. The maximum Gasteiger partial charge on any atom is 0.237 e. The molecule has 0 spiro atoms. The van der Waals surface area contributed by atoms with Crippen molar-refractivity contribution in [3.05, 3.63) is 63.6 Å². The van der Waals surface area contributed by atoms with Gasteiger partial charge in [-0.2, -0.15) is 0 Å². The molecule has 2 rings (SSSR count). The van der Waals surface area contributed by atoms with Crippen LogP contribution < -0.4 is 15.4 Å². The molecule has 2 aromatic carbocycles. The van der Waals surface area contributed by atoms with Crippen LogP contribution in [0.5, 0.6) is 5.75 Å².